The number of rotatable bonds is 9. The van der Waals surface area contributed by atoms with E-state index in [2.05, 4.69) is 5.32 Å². The highest BCUT2D eigenvalue weighted by Gasteiger charge is 2.33. The number of nitrogens with zero attached hydrogens (tertiary/aromatic N) is 1. The summed E-state index contributed by atoms with van der Waals surface area (Å²) in [6.07, 6.45) is 0.123. The Morgan fingerprint density at radius 2 is 1.90 bits per heavy atom. The molecule has 1 aliphatic heterocycles. The van der Waals surface area contributed by atoms with Gasteiger partial charge in [0.05, 0.1) is 24.6 Å². The van der Waals surface area contributed by atoms with Gasteiger partial charge in [-0.2, -0.15) is 0 Å². The summed E-state index contributed by atoms with van der Waals surface area (Å²) in [6, 6.07) is 14.9. The number of hydrogen-bond donors (Lipinski definition) is 3. The summed E-state index contributed by atoms with van der Waals surface area (Å²) in [5.74, 6) is -0.291. The van der Waals surface area contributed by atoms with E-state index in [1.165, 1.54) is 0 Å². The molecule has 1 unspecified atom stereocenters. The second-order valence-corrected chi connectivity index (χ2v) is 7.16. The topological polar surface area (TPSA) is 99.1 Å². The Balaban J connectivity index is 1.78. The van der Waals surface area contributed by atoms with Gasteiger partial charge in [-0.25, -0.2) is 0 Å². The molecule has 0 radical (unpaired) electrons. The van der Waals surface area contributed by atoms with Gasteiger partial charge in [0, 0.05) is 13.0 Å². The van der Waals surface area contributed by atoms with Crippen LogP contribution in [0.3, 0.4) is 0 Å². The Kier molecular flexibility index (Phi) is 6.72. The molecule has 7 heteroatoms. The fourth-order valence-corrected chi connectivity index (χ4v) is 3.55. The Morgan fingerprint density at radius 3 is 2.59 bits per heavy atom. The van der Waals surface area contributed by atoms with E-state index in [0.29, 0.717) is 19.4 Å². The number of amides is 1. The summed E-state index contributed by atoms with van der Waals surface area (Å²) in [5.41, 5.74) is 2.72. The van der Waals surface area contributed by atoms with Crippen LogP contribution in [0.5, 0.6) is 5.75 Å². The molecule has 1 heterocycles. The molecular weight excluding hydrogens is 372 g/mol. The molecule has 0 bridgehead atoms. The number of carbonyl (C=O) groups is 2. The summed E-state index contributed by atoms with van der Waals surface area (Å²) < 4.78 is 5.21. The first kappa shape index (κ1) is 20.7. The van der Waals surface area contributed by atoms with Crippen LogP contribution in [-0.4, -0.2) is 41.3 Å². The van der Waals surface area contributed by atoms with E-state index in [1.807, 2.05) is 53.4 Å². The van der Waals surface area contributed by atoms with Crippen molar-refractivity contribution in [1.29, 1.82) is 0 Å². The molecule has 2 aromatic carbocycles. The fourth-order valence-electron chi connectivity index (χ4n) is 3.55. The number of carboxylic acids is 1. The number of methoxy groups -OCH3 is 1. The minimum absolute atomic E-state index is 0.0869. The average molecular weight is 398 g/mol. The first-order valence-corrected chi connectivity index (χ1v) is 9.67. The molecule has 29 heavy (non-hydrogen) atoms. The maximum atomic E-state index is 12.8. The van der Waals surface area contributed by atoms with E-state index < -0.39 is 18.1 Å². The normalized spacial score (nSPS) is 16.7. The van der Waals surface area contributed by atoms with E-state index in [-0.39, 0.29) is 18.7 Å². The number of hydrogen-bond acceptors (Lipinski definition) is 5. The van der Waals surface area contributed by atoms with Gasteiger partial charge in [0.2, 0.25) is 5.91 Å². The molecule has 0 fully saturated rings. The summed E-state index contributed by atoms with van der Waals surface area (Å²) in [4.78, 5) is 25.5. The molecule has 0 saturated carbocycles. The van der Waals surface area contributed by atoms with Crippen molar-refractivity contribution < 1.29 is 24.5 Å². The summed E-state index contributed by atoms with van der Waals surface area (Å²) in [6.45, 7) is 0.532. The lowest BCUT2D eigenvalue weighted by atomic mass is 9.99. The maximum absolute atomic E-state index is 12.8. The Morgan fingerprint density at radius 1 is 1.17 bits per heavy atom. The third-order valence-electron chi connectivity index (χ3n) is 5.13. The highest BCUT2D eigenvalue weighted by molar-refractivity contribution is 6.03. The third-order valence-corrected chi connectivity index (χ3v) is 5.13. The molecule has 0 spiro atoms. The second kappa shape index (κ2) is 9.43. The summed E-state index contributed by atoms with van der Waals surface area (Å²) >= 11 is 0. The van der Waals surface area contributed by atoms with Gasteiger partial charge < -0.3 is 25.2 Å². The lowest BCUT2D eigenvalue weighted by Gasteiger charge is -2.38. The van der Waals surface area contributed by atoms with Crippen LogP contribution in [0.2, 0.25) is 0 Å². The Hall–Kier alpha value is -3.06. The fraction of sp³-hybridized carbons (Fsp3) is 0.364. The van der Waals surface area contributed by atoms with Crippen LogP contribution in [0, 0.1) is 0 Å². The number of carboxylic acid groups (broad SMARTS) is 1. The van der Waals surface area contributed by atoms with Crippen molar-refractivity contribution in [2.45, 2.75) is 44.4 Å². The van der Waals surface area contributed by atoms with E-state index >= 15 is 0 Å². The SMILES string of the molecule is COc1ccc(CN2c3ccccc3NC(=O)[C@H]2CCC(O)CCC(=O)O)cc1. The molecule has 0 aliphatic carbocycles. The van der Waals surface area contributed by atoms with Gasteiger partial charge in [-0.15, -0.1) is 0 Å². The van der Waals surface area contributed by atoms with E-state index in [4.69, 9.17) is 9.84 Å². The number of carbonyl (C=O) groups excluding carboxylic acids is 1. The smallest absolute Gasteiger partial charge is 0.303 e. The zero-order chi connectivity index (χ0) is 20.8. The highest BCUT2D eigenvalue weighted by Crippen LogP contribution is 2.34. The zero-order valence-corrected chi connectivity index (χ0v) is 16.4. The van der Waals surface area contributed by atoms with Crippen LogP contribution in [0.25, 0.3) is 0 Å². The molecule has 2 aromatic rings. The number of aliphatic hydroxyl groups is 1. The predicted octanol–water partition coefficient (Wildman–Crippen LogP) is 3.03. The Bertz CT molecular complexity index is 853. The quantitative estimate of drug-likeness (QED) is 0.601. The van der Waals surface area contributed by atoms with Crippen molar-refractivity contribution >= 4 is 23.3 Å². The van der Waals surface area contributed by atoms with Gasteiger partial charge in [-0.05, 0) is 49.1 Å². The number of aliphatic carboxylic acids is 1. The van der Waals surface area contributed by atoms with Gasteiger partial charge in [0.1, 0.15) is 11.8 Å². The Labute approximate surface area is 169 Å². The van der Waals surface area contributed by atoms with Gasteiger partial charge in [-0.1, -0.05) is 24.3 Å². The van der Waals surface area contributed by atoms with Crippen molar-refractivity contribution in [2.24, 2.45) is 0 Å². The first-order chi connectivity index (χ1) is 14.0. The van der Waals surface area contributed by atoms with Gasteiger partial charge in [-0.3, -0.25) is 9.59 Å². The van der Waals surface area contributed by atoms with E-state index in [1.54, 1.807) is 7.11 Å². The first-order valence-electron chi connectivity index (χ1n) is 9.67. The number of para-hydroxylation sites is 2. The second-order valence-electron chi connectivity index (χ2n) is 7.16. The molecule has 7 nitrogen and oxygen atoms in total. The minimum atomic E-state index is -0.936. The van der Waals surface area contributed by atoms with E-state index in [0.717, 1.165) is 22.7 Å². The van der Waals surface area contributed by atoms with Crippen LogP contribution < -0.4 is 15.0 Å². The standard InChI is InChI=1S/C22H26N2O5/c1-29-17-10-6-15(7-11-17)14-24-19-5-3-2-4-18(19)23-22(28)20(24)12-8-16(25)9-13-21(26)27/h2-7,10-11,16,20,25H,8-9,12-14H2,1H3,(H,23,28)(H,26,27)/t16?,20-/m1/s1. The summed E-state index contributed by atoms with van der Waals surface area (Å²) in [5, 5.41) is 21.8. The molecule has 3 N–H and O–H groups in total. The summed E-state index contributed by atoms with van der Waals surface area (Å²) in [7, 11) is 1.62. The minimum Gasteiger partial charge on any atom is -0.497 e. The number of aliphatic hydroxyl groups excluding tert-OH is 1. The zero-order valence-electron chi connectivity index (χ0n) is 16.4. The largest absolute Gasteiger partial charge is 0.497 e. The molecule has 154 valence electrons. The van der Waals surface area contributed by atoms with Crippen LogP contribution in [0.15, 0.2) is 48.5 Å². The van der Waals surface area contributed by atoms with Gasteiger partial charge in [0.15, 0.2) is 0 Å². The van der Waals surface area contributed by atoms with Crippen molar-refractivity contribution in [2.75, 3.05) is 17.3 Å². The van der Waals surface area contributed by atoms with Crippen LogP contribution >= 0.6 is 0 Å². The highest BCUT2D eigenvalue weighted by atomic mass is 16.5. The predicted molar refractivity (Wildman–Crippen MR) is 110 cm³/mol. The van der Waals surface area contributed by atoms with Crippen LogP contribution in [0.1, 0.15) is 31.2 Å². The van der Waals surface area contributed by atoms with Crippen molar-refractivity contribution in [3.8, 4) is 5.75 Å². The number of nitrogens with one attached hydrogen (secondary N) is 1. The maximum Gasteiger partial charge on any atom is 0.303 e. The van der Waals surface area contributed by atoms with Crippen LogP contribution in [0.4, 0.5) is 11.4 Å². The van der Waals surface area contributed by atoms with Crippen molar-refractivity contribution in [3.63, 3.8) is 0 Å². The molecule has 2 atom stereocenters. The van der Waals surface area contributed by atoms with Crippen molar-refractivity contribution in [3.05, 3.63) is 54.1 Å². The molecule has 0 saturated heterocycles. The number of fused-ring (bicyclic) bond motifs is 1. The monoisotopic (exact) mass is 398 g/mol. The van der Waals surface area contributed by atoms with Crippen molar-refractivity contribution in [1.82, 2.24) is 0 Å². The van der Waals surface area contributed by atoms with Gasteiger partial charge >= 0.3 is 5.97 Å². The van der Waals surface area contributed by atoms with Gasteiger partial charge in [0.25, 0.3) is 0 Å². The average Bonchev–Trinajstić information content (AvgIpc) is 2.72. The third kappa shape index (κ3) is 5.26. The lowest BCUT2D eigenvalue weighted by molar-refractivity contribution is -0.137. The molecule has 3 rings (SSSR count). The molecule has 0 aromatic heterocycles. The number of ether oxygens (including phenoxy) is 1. The van der Waals surface area contributed by atoms with E-state index in [9.17, 15) is 14.7 Å². The molecular formula is C22H26N2O5. The number of anilines is 2. The van der Waals surface area contributed by atoms with Crippen LogP contribution in [-0.2, 0) is 16.1 Å². The lowest BCUT2D eigenvalue weighted by Crippen LogP contribution is -2.48. The molecule has 1 aliphatic rings. The number of benzene rings is 2. The molecule has 1 amide bonds.